The Morgan fingerprint density at radius 3 is 2.79 bits per heavy atom. The van der Waals surface area contributed by atoms with Gasteiger partial charge in [0.25, 0.3) is 5.69 Å². The number of non-ortho nitro benzene ring substituents is 1. The van der Waals surface area contributed by atoms with Crippen LogP contribution in [0.15, 0.2) is 54.9 Å². The fourth-order valence-electron chi connectivity index (χ4n) is 1.52. The van der Waals surface area contributed by atoms with Gasteiger partial charge < -0.3 is 0 Å². The third-order valence-electron chi connectivity index (χ3n) is 2.45. The molecule has 1 aromatic heterocycles. The van der Waals surface area contributed by atoms with E-state index in [4.69, 9.17) is 0 Å². The Kier molecular flexibility index (Phi) is 3.78. The Morgan fingerprint density at radius 1 is 1.26 bits per heavy atom. The smallest absolute Gasteiger partial charge is 0.270 e. The molecule has 0 saturated heterocycles. The van der Waals surface area contributed by atoms with E-state index in [0.717, 1.165) is 0 Å². The Bertz CT molecular complexity index is 636. The molecule has 0 atom stereocenters. The van der Waals surface area contributed by atoms with Crippen LogP contribution in [0.25, 0.3) is 6.08 Å². The van der Waals surface area contributed by atoms with E-state index in [9.17, 15) is 14.9 Å². The number of benzene rings is 1. The van der Waals surface area contributed by atoms with E-state index in [2.05, 4.69) is 4.98 Å². The van der Waals surface area contributed by atoms with E-state index in [1.165, 1.54) is 24.4 Å². The van der Waals surface area contributed by atoms with Crippen LogP contribution in [0.1, 0.15) is 15.9 Å². The van der Waals surface area contributed by atoms with Crippen molar-refractivity contribution in [3.05, 3.63) is 76.1 Å². The molecule has 0 aliphatic carbocycles. The summed E-state index contributed by atoms with van der Waals surface area (Å²) in [6, 6.07) is 9.42. The molecule has 0 radical (unpaired) electrons. The number of hydrogen-bond acceptors (Lipinski definition) is 4. The lowest BCUT2D eigenvalue weighted by molar-refractivity contribution is -0.384. The average molecular weight is 254 g/mol. The van der Waals surface area contributed by atoms with Crippen molar-refractivity contribution in [2.75, 3.05) is 0 Å². The topological polar surface area (TPSA) is 73.1 Å². The number of carbonyl (C=O) groups excluding carboxylic acids is 1. The van der Waals surface area contributed by atoms with Gasteiger partial charge >= 0.3 is 0 Å². The summed E-state index contributed by atoms with van der Waals surface area (Å²) in [5, 5.41) is 10.6. The predicted molar refractivity (Wildman–Crippen MR) is 70.7 cm³/mol. The van der Waals surface area contributed by atoms with Gasteiger partial charge in [-0.1, -0.05) is 18.2 Å². The summed E-state index contributed by atoms with van der Waals surface area (Å²) in [6.45, 7) is 0. The van der Waals surface area contributed by atoms with Gasteiger partial charge in [-0.15, -0.1) is 0 Å². The molecule has 0 spiro atoms. The van der Waals surface area contributed by atoms with E-state index < -0.39 is 4.92 Å². The lowest BCUT2D eigenvalue weighted by Gasteiger charge is -1.95. The maximum Gasteiger partial charge on any atom is 0.270 e. The molecule has 0 saturated carbocycles. The van der Waals surface area contributed by atoms with Crippen molar-refractivity contribution in [3.8, 4) is 0 Å². The quantitative estimate of drug-likeness (QED) is 0.364. The molecule has 2 aromatic rings. The van der Waals surface area contributed by atoms with Crippen LogP contribution >= 0.6 is 0 Å². The minimum atomic E-state index is -0.472. The zero-order valence-electron chi connectivity index (χ0n) is 9.89. The average Bonchev–Trinajstić information content (AvgIpc) is 2.46. The van der Waals surface area contributed by atoms with Gasteiger partial charge in [0.2, 0.25) is 0 Å². The molecule has 19 heavy (non-hydrogen) atoms. The minimum absolute atomic E-state index is 0.00373. The summed E-state index contributed by atoms with van der Waals surface area (Å²) < 4.78 is 0. The first-order chi connectivity index (χ1) is 9.16. The highest BCUT2D eigenvalue weighted by Crippen LogP contribution is 2.14. The maximum atomic E-state index is 11.8. The second-order valence-electron chi connectivity index (χ2n) is 3.79. The summed E-state index contributed by atoms with van der Waals surface area (Å²) in [4.78, 5) is 25.8. The van der Waals surface area contributed by atoms with E-state index in [-0.39, 0.29) is 11.5 Å². The summed E-state index contributed by atoms with van der Waals surface area (Å²) in [6.07, 6.45) is 5.97. The fraction of sp³-hybridized carbons (Fsp3) is 0. The number of nitro benzene ring substituents is 1. The van der Waals surface area contributed by atoms with Gasteiger partial charge in [0.1, 0.15) is 0 Å². The largest absolute Gasteiger partial charge is 0.289 e. The molecule has 94 valence electrons. The number of nitro groups is 1. The minimum Gasteiger partial charge on any atom is -0.289 e. The van der Waals surface area contributed by atoms with Gasteiger partial charge in [0, 0.05) is 30.1 Å². The maximum absolute atomic E-state index is 11.8. The highest BCUT2D eigenvalue weighted by atomic mass is 16.6. The van der Waals surface area contributed by atoms with Crippen LogP contribution in [-0.4, -0.2) is 15.7 Å². The van der Waals surface area contributed by atoms with Gasteiger partial charge in [-0.25, -0.2) is 0 Å². The van der Waals surface area contributed by atoms with Crippen molar-refractivity contribution < 1.29 is 9.72 Å². The van der Waals surface area contributed by atoms with Crippen LogP contribution in [0.4, 0.5) is 5.69 Å². The molecule has 0 amide bonds. The van der Waals surface area contributed by atoms with Crippen molar-refractivity contribution in [1.82, 2.24) is 4.98 Å². The molecule has 1 heterocycles. The second kappa shape index (κ2) is 5.68. The van der Waals surface area contributed by atoms with Crippen LogP contribution in [0, 0.1) is 10.1 Å². The zero-order valence-corrected chi connectivity index (χ0v) is 9.89. The van der Waals surface area contributed by atoms with Crippen LogP contribution in [-0.2, 0) is 0 Å². The first-order valence-electron chi connectivity index (χ1n) is 5.54. The molecule has 0 aliphatic heterocycles. The van der Waals surface area contributed by atoms with Crippen molar-refractivity contribution in [2.24, 2.45) is 0 Å². The first-order valence-corrected chi connectivity index (χ1v) is 5.54. The Hall–Kier alpha value is -2.82. The van der Waals surface area contributed by atoms with Gasteiger partial charge in [-0.3, -0.25) is 19.9 Å². The Morgan fingerprint density at radius 2 is 2.11 bits per heavy atom. The number of rotatable bonds is 4. The molecule has 0 bridgehead atoms. The van der Waals surface area contributed by atoms with Gasteiger partial charge in [-0.05, 0) is 23.8 Å². The lowest BCUT2D eigenvalue weighted by atomic mass is 10.1. The number of ketones is 1. The Balaban J connectivity index is 2.17. The lowest BCUT2D eigenvalue weighted by Crippen LogP contribution is -1.94. The number of pyridine rings is 1. The normalized spacial score (nSPS) is 10.5. The van der Waals surface area contributed by atoms with Crippen LogP contribution < -0.4 is 0 Å². The molecule has 0 N–H and O–H groups in total. The fourth-order valence-corrected chi connectivity index (χ4v) is 1.52. The highest BCUT2D eigenvalue weighted by molar-refractivity contribution is 6.06. The molecular formula is C14H10N2O3. The van der Waals surface area contributed by atoms with E-state index in [0.29, 0.717) is 11.1 Å². The van der Waals surface area contributed by atoms with Gasteiger partial charge in [-0.2, -0.15) is 0 Å². The van der Waals surface area contributed by atoms with Gasteiger partial charge in [0.15, 0.2) is 5.78 Å². The molecule has 2 rings (SSSR count). The molecule has 1 aromatic carbocycles. The first kappa shape index (κ1) is 12.6. The zero-order chi connectivity index (χ0) is 13.7. The number of hydrogen-bond donors (Lipinski definition) is 0. The summed E-state index contributed by atoms with van der Waals surface area (Å²) in [5.41, 5.74) is 1.08. The molecule has 5 heteroatoms. The van der Waals surface area contributed by atoms with Crippen molar-refractivity contribution in [3.63, 3.8) is 0 Å². The van der Waals surface area contributed by atoms with Crippen molar-refractivity contribution in [1.29, 1.82) is 0 Å². The summed E-state index contributed by atoms with van der Waals surface area (Å²) >= 11 is 0. The highest BCUT2D eigenvalue weighted by Gasteiger charge is 2.04. The van der Waals surface area contributed by atoms with E-state index in [1.807, 2.05) is 0 Å². The summed E-state index contributed by atoms with van der Waals surface area (Å²) in [5.74, 6) is -0.195. The molecule has 0 aliphatic rings. The second-order valence-corrected chi connectivity index (χ2v) is 3.79. The van der Waals surface area contributed by atoms with E-state index >= 15 is 0 Å². The standard InChI is InChI=1S/C14H10N2O3/c17-14(12-4-2-8-15-10-12)7-6-11-3-1-5-13(9-11)16(18)19/h1-10H/b7-6-. The number of carbonyl (C=O) groups is 1. The molecule has 0 fully saturated rings. The molecular weight excluding hydrogens is 244 g/mol. The van der Waals surface area contributed by atoms with Crippen LogP contribution in [0.5, 0.6) is 0 Å². The van der Waals surface area contributed by atoms with Crippen LogP contribution in [0.2, 0.25) is 0 Å². The number of allylic oxidation sites excluding steroid dienone is 1. The predicted octanol–water partition coefficient (Wildman–Crippen LogP) is 2.89. The monoisotopic (exact) mass is 254 g/mol. The molecule has 0 unspecified atom stereocenters. The number of aromatic nitrogens is 1. The van der Waals surface area contributed by atoms with Gasteiger partial charge in [0.05, 0.1) is 4.92 Å². The van der Waals surface area contributed by atoms with Crippen molar-refractivity contribution in [2.45, 2.75) is 0 Å². The summed E-state index contributed by atoms with van der Waals surface area (Å²) in [7, 11) is 0. The van der Waals surface area contributed by atoms with Crippen molar-refractivity contribution >= 4 is 17.5 Å². The number of nitrogens with zero attached hydrogens (tertiary/aromatic N) is 2. The molecule has 5 nitrogen and oxygen atoms in total. The van der Waals surface area contributed by atoms with E-state index in [1.54, 1.807) is 36.5 Å². The SMILES string of the molecule is O=C(/C=C\c1cccc([N+](=O)[O-])c1)c1cccnc1. The van der Waals surface area contributed by atoms with Crippen LogP contribution in [0.3, 0.4) is 0 Å². The third kappa shape index (κ3) is 3.32. The third-order valence-corrected chi connectivity index (χ3v) is 2.45. The Labute approximate surface area is 109 Å².